The maximum Gasteiger partial charge on any atom is 0.320 e. The van der Waals surface area contributed by atoms with Crippen LogP contribution >= 0.6 is 0 Å². The third-order valence-electron chi connectivity index (χ3n) is 3.41. The first-order valence-electron chi connectivity index (χ1n) is 6.89. The van der Waals surface area contributed by atoms with Crippen molar-refractivity contribution >= 4 is 11.9 Å². The first-order valence-corrected chi connectivity index (χ1v) is 6.89. The molecule has 0 radical (unpaired) electrons. The van der Waals surface area contributed by atoms with Crippen molar-refractivity contribution in [2.75, 3.05) is 32.7 Å². The molecule has 1 heterocycles. The third kappa shape index (κ3) is 4.20. The molecule has 5 nitrogen and oxygen atoms in total. The monoisotopic (exact) mass is 255 g/mol. The van der Waals surface area contributed by atoms with E-state index in [-0.39, 0.29) is 18.5 Å². The summed E-state index contributed by atoms with van der Waals surface area (Å²) in [5.41, 5.74) is 0. The van der Waals surface area contributed by atoms with E-state index < -0.39 is 0 Å². The molecule has 0 aliphatic carbocycles. The highest BCUT2D eigenvalue weighted by Crippen LogP contribution is 2.17. The molecule has 5 heteroatoms. The normalized spacial score (nSPS) is 16.5. The van der Waals surface area contributed by atoms with Crippen LogP contribution in [0.1, 0.15) is 33.6 Å². The third-order valence-corrected chi connectivity index (χ3v) is 3.41. The van der Waals surface area contributed by atoms with Gasteiger partial charge in [0.25, 0.3) is 0 Å². The van der Waals surface area contributed by atoms with E-state index in [4.69, 9.17) is 0 Å². The fourth-order valence-corrected chi connectivity index (χ4v) is 2.14. The molecule has 1 aliphatic rings. The zero-order valence-electron chi connectivity index (χ0n) is 11.7. The van der Waals surface area contributed by atoms with Crippen LogP contribution in [0.4, 0.5) is 4.79 Å². The van der Waals surface area contributed by atoms with Gasteiger partial charge >= 0.3 is 6.03 Å². The summed E-state index contributed by atoms with van der Waals surface area (Å²) in [4.78, 5) is 27.3. The molecule has 18 heavy (non-hydrogen) atoms. The molecular formula is C13H25N3O2. The maximum atomic E-state index is 12.2. The number of hydrogen-bond donors (Lipinski definition) is 1. The van der Waals surface area contributed by atoms with Crippen LogP contribution < -0.4 is 5.32 Å². The number of nitrogens with zero attached hydrogens (tertiary/aromatic N) is 2. The molecule has 3 amide bonds. The lowest BCUT2D eigenvalue weighted by Crippen LogP contribution is -2.49. The highest BCUT2D eigenvalue weighted by molar-refractivity contribution is 5.84. The van der Waals surface area contributed by atoms with Crippen molar-refractivity contribution in [2.24, 2.45) is 5.92 Å². The summed E-state index contributed by atoms with van der Waals surface area (Å²) in [6, 6.07) is -0.00402. The molecule has 0 aromatic rings. The Labute approximate surface area is 110 Å². The number of likely N-dealkylation sites (tertiary alicyclic amines) is 1. The van der Waals surface area contributed by atoms with Crippen LogP contribution in [0.3, 0.4) is 0 Å². The highest BCUT2D eigenvalue weighted by Gasteiger charge is 2.24. The topological polar surface area (TPSA) is 52.7 Å². The molecule has 104 valence electrons. The van der Waals surface area contributed by atoms with E-state index >= 15 is 0 Å². The van der Waals surface area contributed by atoms with Crippen molar-refractivity contribution < 1.29 is 9.59 Å². The molecule has 0 bridgehead atoms. The Hall–Kier alpha value is -1.26. The Bertz CT molecular complexity index is 286. The number of nitrogens with one attached hydrogen (secondary N) is 1. The van der Waals surface area contributed by atoms with Crippen LogP contribution in [0.25, 0.3) is 0 Å². The highest BCUT2D eigenvalue weighted by atomic mass is 16.2. The number of likely N-dealkylation sites (N-methyl/N-ethyl adjacent to an activating group) is 2. The Balaban J connectivity index is 2.48. The average molecular weight is 255 g/mol. The summed E-state index contributed by atoms with van der Waals surface area (Å²) in [5.74, 6) is 0.616. The first kappa shape index (κ1) is 14.8. The molecular weight excluding hydrogens is 230 g/mol. The van der Waals surface area contributed by atoms with Crippen molar-refractivity contribution in [3.63, 3.8) is 0 Å². The standard InChI is InChI=1S/C13H25N3O2/c1-4-14-12(17)10-15(5-2)13(18)16-8-6-11(3)7-9-16/h11H,4-10H2,1-3H3,(H,14,17). The van der Waals surface area contributed by atoms with Gasteiger partial charge in [-0.2, -0.15) is 0 Å². The quantitative estimate of drug-likeness (QED) is 0.823. The van der Waals surface area contributed by atoms with Crippen molar-refractivity contribution in [3.8, 4) is 0 Å². The van der Waals surface area contributed by atoms with Crippen LogP contribution in [-0.2, 0) is 4.79 Å². The van der Waals surface area contributed by atoms with E-state index in [2.05, 4.69) is 12.2 Å². The number of hydrogen-bond acceptors (Lipinski definition) is 2. The minimum Gasteiger partial charge on any atom is -0.355 e. The van der Waals surface area contributed by atoms with Gasteiger partial charge in [-0.1, -0.05) is 6.92 Å². The Morgan fingerprint density at radius 3 is 2.39 bits per heavy atom. The van der Waals surface area contributed by atoms with Gasteiger partial charge in [0, 0.05) is 26.2 Å². The molecule has 1 rings (SSSR count). The number of carbonyl (C=O) groups is 2. The molecule has 1 aliphatic heterocycles. The van der Waals surface area contributed by atoms with Gasteiger partial charge in [0.15, 0.2) is 0 Å². The van der Waals surface area contributed by atoms with Gasteiger partial charge in [-0.05, 0) is 32.6 Å². The molecule has 0 unspecified atom stereocenters. The average Bonchev–Trinajstić information content (AvgIpc) is 2.36. The molecule has 0 aromatic heterocycles. The number of amides is 3. The van der Waals surface area contributed by atoms with Crippen LogP contribution in [0.2, 0.25) is 0 Å². The predicted octanol–water partition coefficient (Wildman–Crippen LogP) is 1.30. The minimum absolute atomic E-state index is 0.00402. The van der Waals surface area contributed by atoms with Gasteiger partial charge in [-0.3, -0.25) is 4.79 Å². The van der Waals surface area contributed by atoms with Crippen molar-refractivity contribution in [3.05, 3.63) is 0 Å². The predicted molar refractivity (Wildman–Crippen MR) is 71.3 cm³/mol. The van der Waals surface area contributed by atoms with Gasteiger partial charge in [0.05, 0.1) is 0 Å². The van der Waals surface area contributed by atoms with Crippen LogP contribution in [0.5, 0.6) is 0 Å². The second-order valence-corrected chi connectivity index (χ2v) is 4.92. The summed E-state index contributed by atoms with van der Waals surface area (Å²) < 4.78 is 0. The molecule has 1 saturated heterocycles. The molecule has 0 saturated carbocycles. The zero-order valence-corrected chi connectivity index (χ0v) is 11.7. The van der Waals surface area contributed by atoms with Gasteiger partial charge in [-0.15, -0.1) is 0 Å². The lowest BCUT2D eigenvalue weighted by atomic mass is 10.00. The summed E-state index contributed by atoms with van der Waals surface area (Å²) in [7, 11) is 0. The summed E-state index contributed by atoms with van der Waals surface area (Å²) in [6.07, 6.45) is 2.12. The van der Waals surface area contributed by atoms with Gasteiger partial charge in [0.2, 0.25) is 5.91 Å². The summed E-state index contributed by atoms with van der Waals surface area (Å²) in [5, 5.41) is 2.72. The van der Waals surface area contributed by atoms with E-state index in [1.165, 1.54) is 0 Å². The zero-order chi connectivity index (χ0) is 13.5. The maximum absolute atomic E-state index is 12.2. The lowest BCUT2D eigenvalue weighted by Gasteiger charge is -2.34. The second kappa shape index (κ2) is 7.24. The second-order valence-electron chi connectivity index (χ2n) is 4.92. The van der Waals surface area contributed by atoms with E-state index in [0.29, 0.717) is 19.0 Å². The minimum atomic E-state index is -0.0851. The number of piperidine rings is 1. The molecule has 0 atom stereocenters. The van der Waals surface area contributed by atoms with Crippen molar-refractivity contribution in [1.82, 2.24) is 15.1 Å². The Morgan fingerprint density at radius 1 is 1.28 bits per heavy atom. The summed E-state index contributed by atoms with van der Waals surface area (Å²) >= 11 is 0. The number of urea groups is 1. The first-order chi connectivity index (χ1) is 8.58. The smallest absolute Gasteiger partial charge is 0.320 e. The van der Waals surface area contributed by atoms with E-state index in [1.54, 1.807) is 4.90 Å². The van der Waals surface area contributed by atoms with Crippen molar-refractivity contribution in [2.45, 2.75) is 33.6 Å². The van der Waals surface area contributed by atoms with Crippen molar-refractivity contribution in [1.29, 1.82) is 0 Å². The molecule has 1 N–H and O–H groups in total. The molecule has 1 fully saturated rings. The fourth-order valence-electron chi connectivity index (χ4n) is 2.14. The van der Waals surface area contributed by atoms with Crippen LogP contribution in [0, 0.1) is 5.92 Å². The molecule has 0 aromatic carbocycles. The number of rotatable bonds is 4. The van der Waals surface area contributed by atoms with Gasteiger partial charge < -0.3 is 15.1 Å². The molecule has 0 spiro atoms. The van der Waals surface area contributed by atoms with Crippen LogP contribution in [0.15, 0.2) is 0 Å². The Kier molecular flexibility index (Phi) is 5.95. The van der Waals surface area contributed by atoms with Gasteiger partial charge in [0.1, 0.15) is 6.54 Å². The largest absolute Gasteiger partial charge is 0.355 e. The Morgan fingerprint density at radius 2 is 1.89 bits per heavy atom. The fraction of sp³-hybridized carbons (Fsp3) is 0.846. The SMILES string of the molecule is CCNC(=O)CN(CC)C(=O)N1CCC(C)CC1. The van der Waals surface area contributed by atoms with E-state index in [0.717, 1.165) is 25.9 Å². The lowest BCUT2D eigenvalue weighted by molar-refractivity contribution is -0.121. The number of carbonyl (C=O) groups excluding carboxylic acids is 2. The van der Waals surface area contributed by atoms with E-state index in [9.17, 15) is 9.59 Å². The van der Waals surface area contributed by atoms with Gasteiger partial charge in [-0.25, -0.2) is 4.79 Å². The van der Waals surface area contributed by atoms with Crippen LogP contribution in [-0.4, -0.2) is 54.5 Å². The van der Waals surface area contributed by atoms with E-state index in [1.807, 2.05) is 18.7 Å². The summed E-state index contributed by atoms with van der Waals surface area (Å²) in [6.45, 7) is 8.96.